The topological polar surface area (TPSA) is 105 Å². The van der Waals surface area contributed by atoms with Crippen LogP contribution in [0.15, 0.2) is 11.6 Å². The molecule has 4 aliphatic carbocycles. The fraction of sp³-hybridized carbons (Fsp3) is 0.933. The Kier molecular flexibility index (Phi) is 15.2. The fourth-order valence-corrected chi connectivity index (χ4v) is 12.2. The monoisotopic (exact) mass is 731 g/mol. The van der Waals surface area contributed by atoms with Gasteiger partial charge in [0.2, 0.25) is 0 Å². The van der Waals surface area contributed by atoms with E-state index in [0.717, 1.165) is 80.5 Å². The van der Waals surface area contributed by atoms with E-state index < -0.39 is 30.7 Å². The second-order valence-corrected chi connectivity index (χ2v) is 19.0. The lowest BCUT2D eigenvalue weighted by Gasteiger charge is -2.58. The van der Waals surface area contributed by atoms with Gasteiger partial charge >= 0.3 is 5.97 Å². The van der Waals surface area contributed by atoms with Gasteiger partial charge in [-0.15, -0.1) is 0 Å². The van der Waals surface area contributed by atoms with Crippen LogP contribution in [0.4, 0.5) is 0 Å². The molecule has 0 unspecified atom stereocenters. The Bertz CT molecular complexity index is 1150. The van der Waals surface area contributed by atoms with Crippen molar-refractivity contribution < 1.29 is 34.3 Å². The number of esters is 1. The van der Waals surface area contributed by atoms with E-state index in [2.05, 4.69) is 54.5 Å². The normalized spacial score (nSPS) is 40.0. The van der Waals surface area contributed by atoms with Gasteiger partial charge in [0, 0.05) is 6.42 Å². The molecule has 0 aromatic heterocycles. The molecule has 14 atom stereocenters. The number of hydrogen-bond donors (Lipinski definition) is 3. The highest BCUT2D eigenvalue weighted by atomic mass is 16.7. The Balaban J connectivity index is 1.13. The number of fused-ring (bicyclic) bond motifs is 5. The van der Waals surface area contributed by atoms with E-state index in [9.17, 15) is 20.1 Å². The van der Waals surface area contributed by atoms with Crippen LogP contribution >= 0.6 is 0 Å². The summed E-state index contributed by atoms with van der Waals surface area (Å²) in [4.78, 5) is 12.4. The first-order chi connectivity index (χ1) is 24.8. The number of hydrogen-bond acceptors (Lipinski definition) is 7. The molecule has 4 fully saturated rings. The van der Waals surface area contributed by atoms with E-state index in [4.69, 9.17) is 14.2 Å². The lowest BCUT2D eigenvalue weighted by Crippen LogP contribution is -2.60. The molecule has 1 aliphatic heterocycles. The summed E-state index contributed by atoms with van der Waals surface area (Å²) in [6.45, 7) is 16.9. The van der Waals surface area contributed by atoms with E-state index in [0.29, 0.717) is 17.8 Å². The number of aliphatic hydroxyl groups excluding tert-OH is 3. The fourth-order valence-electron chi connectivity index (χ4n) is 12.2. The van der Waals surface area contributed by atoms with Crippen LogP contribution in [0, 0.1) is 52.3 Å². The van der Waals surface area contributed by atoms with Crippen molar-refractivity contribution in [3.63, 3.8) is 0 Å². The minimum Gasteiger partial charge on any atom is -0.463 e. The van der Waals surface area contributed by atoms with Crippen LogP contribution in [0.25, 0.3) is 0 Å². The Hall–Kier alpha value is -0.990. The second-order valence-electron chi connectivity index (χ2n) is 19.0. The third-order valence-electron chi connectivity index (χ3n) is 15.7. The Morgan fingerprint density at radius 3 is 2.33 bits per heavy atom. The highest BCUT2D eigenvalue weighted by Gasteiger charge is 2.59. The number of allylic oxidation sites excluding steroid dienone is 1. The Morgan fingerprint density at radius 2 is 1.62 bits per heavy atom. The average molecular weight is 731 g/mol. The van der Waals surface area contributed by atoms with Crippen molar-refractivity contribution in [3.05, 3.63) is 11.6 Å². The zero-order valence-corrected chi connectivity index (χ0v) is 34.2. The third-order valence-corrected chi connectivity index (χ3v) is 15.7. The highest BCUT2D eigenvalue weighted by molar-refractivity contribution is 5.69. The molecule has 3 saturated carbocycles. The van der Waals surface area contributed by atoms with Crippen LogP contribution in [0.2, 0.25) is 0 Å². The van der Waals surface area contributed by atoms with Crippen molar-refractivity contribution in [2.75, 3.05) is 6.61 Å². The molecule has 3 N–H and O–H groups in total. The zero-order chi connectivity index (χ0) is 37.6. The first kappa shape index (κ1) is 42.2. The smallest absolute Gasteiger partial charge is 0.305 e. The van der Waals surface area contributed by atoms with Crippen molar-refractivity contribution in [1.29, 1.82) is 0 Å². The van der Waals surface area contributed by atoms with Gasteiger partial charge in [0.05, 0.1) is 6.10 Å². The van der Waals surface area contributed by atoms with Gasteiger partial charge in [0.25, 0.3) is 0 Å². The molecular formula is C45H78O7. The summed E-state index contributed by atoms with van der Waals surface area (Å²) in [7, 11) is 0. The predicted molar refractivity (Wildman–Crippen MR) is 207 cm³/mol. The van der Waals surface area contributed by atoms with E-state index in [1.165, 1.54) is 76.2 Å². The molecule has 52 heavy (non-hydrogen) atoms. The van der Waals surface area contributed by atoms with E-state index in [1.54, 1.807) is 0 Å². The van der Waals surface area contributed by atoms with Gasteiger partial charge in [-0.1, -0.05) is 111 Å². The summed E-state index contributed by atoms with van der Waals surface area (Å²) in [5.74, 6) is 5.24. The van der Waals surface area contributed by atoms with Crippen LogP contribution in [0.1, 0.15) is 170 Å². The first-order valence-corrected chi connectivity index (χ1v) is 22.0. The Morgan fingerprint density at radius 1 is 0.885 bits per heavy atom. The van der Waals surface area contributed by atoms with E-state index in [1.807, 2.05) is 0 Å². The summed E-state index contributed by atoms with van der Waals surface area (Å²) < 4.78 is 17.9. The van der Waals surface area contributed by atoms with Crippen LogP contribution in [-0.2, 0) is 19.0 Å². The van der Waals surface area contributed by atoms with Crippen molar-refractivity contribution in [2.24, 2.45) is 52.3 Å². The number of ether oxygens (including phenoxy) is 3. The van der Waals surface area contributed by atoms with Crippen molar-refractivity contribution >= 4 is 5.97 Å². The standard InChI is InChI=1S/C45H78O7/c1-8-10-11-12-13-14-15-16-39(46)50-28-38-40(47)41(48)42(49)43(52-38)51-33-23-25-44(6)32(27-33)19-20-34-36-22-21-35(45(36,7)26-24-37(34)44)30(5)17-18-31(9-2)29(3)4/h19,29-31,33-38,40-43,47-49H,8-18,20-28H2,1-7H3/t30-,31-,33+,34+,35-,36+,37+,38-,40+,41-,42+,43-,44+,45-/m1/s1. The van der Waals surface area contributed by atoms with Gasteiger partial charge < -0.3 is 29.5 Å². The quantitative estimate of drug-likeness (QED) is 0.0733. The molecule has 300 valence electrons. The van der Waals surface area contributed by atoms with Crippen LogP contribution in [-0.4, -0.2) is 64.7 Å². The van der Waals surface area contributed by atoms with Crippen molar-refractivity contribution in [1.82, 2.24) is 0 Å². The lowest BCUT2D eigenvalue weighted by atomic mass is 9.47. The molecule has 1 heterocycles. The van der Waals surface area contributed by atoms with Gasteiger partial charge in [0.15, 0.2) is 6.29 Å². The molecule has 0 amide bonds. The molecule has 7 heteroatoms. The van der Waals surface area contributed by atoms with Gasteiger partial charge in [-0.2, -0.15) is 0 Å². The summed E-state index contributed by atoms with van der Waals surface area (Å²) >= 11 is 0. The minimum absolute atomic E-state index is 0.137. The molecule has 5 rings (SSSR count). The van der Waals surface area contributed by atoms with Gasteiger partial charge in [-0.05, 0) is 116 Å². The number of rotatable bonds is 18. The van der Waals surface area contributed by atoms with E-state index >= 15 is 0 Å². The largest absolute Gasteiger partial charge is 0.463 e. The molecule has 5 aliphatic rings. The highest BCUT2D eigenvalue weighted by Crippen LogP contribution is 2.67. The number of unbranched alkanes of at least 4 members (excludes halogenated alkanes) is 6. The average Bonchev–Trinajstić information content (AvgIpc) is 3.48. The summed E-state index contributed by atoms with van der Waals surface area (Å²) in [6.07, 6.45) is 17.7. The van der Waals surface area contributed by atoms with E-state index in [-0.39, 0.29) is 24.1 Å². The zero-order valence-electron chi connectivity index (χ0n) is 34.2. The SMILES string of the molecule is CCCCCCCCCC(=O)OC[C@H]1O[C@@H](O[C@H]2CC[C@@]3(C)C(=CC[C@H]4[C@@H]5CC[C@H]([C@H](C)CC[C@@H](CC)C(C)C)[C@@]5(C)CC[C@@H]43)C2)[C@@H](O)[C@H](O)[C@H]1O. The minimum atomic E-state index is -1.44. The van der Waals surface area contributed by atoms with Crippen molar-refractivity contribution in [3.8, 4) is 0 Å². The molecule has 0 bridgehead atoms. The maximum absolute atomic E-state index is 12.4. The van der Waals surface area contributed by atoms with Crippen LogP contribution in [0.5, 0.6) is 0 Å². The maximum Gasteiger partial charge on any atom is 0.305 e. The maximum atomic E-state index is 12.4. The van der Waals surface area contributed by atoms with Gasteiger partial charge in [0.1, 0.15) is 31.0 Å². The molecule has 0 aromatic carbocycles. The third kappa shape index (κ3) is 9.33. The molecule has 0 radical (unpaired) electrons. The summed E-state index contributed by atoms with van der Waals surface area (Å²) in [5.41, 5.74) is 2.13. The van der Waals surface area contributed by atoms with Gasteiger partial charge in [-0.3, -0.25) is 4.79 Å². The molecule has 7 nitrogen and oxygen atoms in total. The molecule has 0 aromatic rings. The second kappa shape index (κ2) is 18.8. The number of aliphatic hydroxyl groups is 3. The summed E-state index contributed by atoms with van der Waals surface area (Å²) in [6, 6.07) is 0. The van der Waals surface area contributed by atoms with Crippen molar-refractivity contribution in [2.45, 2.75) is 207 Å². The first-order valence-electron chi connectivity index (χ1n) is 22.0. The lowest BCUT2D eigenvalue weighted by molar-refractivity contribution is -0.313. The van der Waals surface area contributed by atoms with Gasteiger partial charge in [-0.25, -0.2) is 0 Å². The molecule has 1 saturated heterocycles. The Labute approximate surface area is 317 Å². The predicted octanol–water partition coefficient (Wildman–Crippen LogP) is 9.54. The number of carbonyl (C=O) groups excluding carboxylic acids is 1. The van der Waals surface area contributed by atoms with Crippen LogP contribution < -0.4 is 0 Å². The van der Waals surface area contributed by atoms with Crippen LogP contribution in [0.3, 0.4) is 0 Å². The summed E-state index contributed by atoms with van der Waals surface area (Å²) in [5, 5.41) is 32.3. The molecular weight excluding hydrogens is 652 g/mol. The molecule has 0 spiro atoms. The number of carbonyl (C=O) groups is 1.